The summed E-state index contributed by atoms with van der Waals surface area (Å²) < 4.78 is 0. The molecule has 1 heterocycles. The molecule has 0 aliphatic carbocycles. The molecule has 222 valence electrons. The summed E-state index contributed by atoms with van der Waals surface area (Å²) in [5.74, 6) is 0. The van der Waals surface area contributed by atoms with Crippen LogP contribution in [0.25, 0.3) is 98.1 Å². The number of nitrogens with zero attached hydrogens (tertiary/aromatic N) is 1. The number of fused-ring (bicyclic) bond motifs is 7. The van der Waals surface area contributed by atoms with Crippen LogP contribution in [0.5, 0.6) is 0 Å². The van der Waals surface area contributed by atoms with Gasteiger partial charge in [0.2, 0.25) is 0 Å². The Kier molecular flexibility index (Phi) is 5.94. The van der Waals surface area contributed by atoms with Gasteiger partial charge in [0.1, 0.15) is 0 Å². The summed E-state index contributed by atoms with van der Waals surface area (Å²) in [6.07, 6.45) is 2.09. The van der Waals surface area contributed by atoms with Crippen molar-refractivity contribution in [3.8, 4) is 33.4 Å². The van der Waals surface area contributed by atoms with Crippen molar-refractivity contribution in [2.75, 3.05) is 0 Å². The van der Waals surface area contributed by atoms with Gasteiger partial charge in [-0.25, -0.2) is 0 Å². The van der Waals surface area contributed by atoms with Crippen LogP contribution >= 0.6 is 0 Å². The summed E-state index contributed by atoms with van der Waals surface area (Å²) in [6.45, 7) is 0. The quantitative estimate of drug-likeness (QED) is 0.144. The molecule has 48 heavy (non-hydrogen) atoms. The van der Waals surface area contributed by atoms with Gasteiger partial charge in [0.15, 0.2) is 0 Å². The Morgan fingerprint density at radius 2 is 0.708 bits per heavy atom. The van der Waals surface area contributed by atoms with Crippen molar-refractivity contribution in [2.24, 2.45) is 0 Å². The predicted molar refractivity (Wildman–Crippen MR) is 206 cm³/mol. The van der Waals surface area contributed by atoms with Gasteiger partial charge in [0, 0.05) is 22.4 Å². The van der Waals surface area contributed by atoms with E-state index in [-0.39, 0.29) is 0 Å². The van der Waals surface area contributed by atoms with E-state index in [0.29, 0.717) is 0 Å². The lowest BCUT2D eigenvalue weighted by Crippen LogP contribution is -1.93. The van der Waals surface area contributed by atoms with Gasteiger partial charge in [-0.1, -0.05) is 140 Å². The molecule has 1 aromatic heterocycles. The van der Waals surface area contributed by atoms with E-state index in [0.717, 1.165) is 5.52 Å². The lowest BCUT2D eigenvalue weighted by atomic mass is 9.84. The Balaban J connectivity index is 1.22. The molecule has 0 N–H and O–H groups in total. The van der Waals surface area contributed by atoms with Crippen LogP contribution in [0.3, 0.4) is 0 Å². The molecular formula is C47H29N. The van der Waals surface area contributed by atoms with Gasteiger partial charge in [-0.2, -0.15) is 0 Å². The third-order valence-corrected chi connectivity index (χ3v) is 10.0. The van der Waals surface area contributed by atoms with E-state index in [1.807, 2.05) is 0 Å². The highest BCUT2D eigenvalue weighted by atomic mass is 14.6. The van der Waals surface area contributed by atoms with Crippen molar-refractivity contribution in [3.63, 3.8) is 0 Å². The fraction of sp³-hybridized carbons (Fsp3) is 0. The van der Waals surface area contributed by atoms with Gasteiger partial charge in [0.25, 0.3) is 0 Å². The molecule has 0 amide bonds. The van der Waals surface area contributed by atoms with Crippen LogP contribution in [-0.4, -0.2) is 4.98 Å². The second-order valence-electron chi connectivity index (χ2n) is 12.8. The molecular weight excluding hydrogens is 579 g/mol. The number of pyridine rings is 1. The second kappa shape index (κ2) is 10.6. The van der Waals surface area contributed by atoms with E-state index >= 15 is 0 Å². The van der Waals surface area contributed by atoms with E-state index in [1.54, 1.807) is 0 Å². The van der Waals surface area contributed by atoms with Crippen LogP contribution < -0.4 is 0 Å². The lowest BCUT2D eigenvalue weighted by molar-refractivity contribution is 1.45. The third-order valence-electron chi connectivity index (χ3n) is 10.0. The van der Waals surface area contributed by atoms with Crippen molar-refractivity contribution >= 4 is 64.8 Å². The highest BCUT2D eigenvalue weighted by molar-refractivity contribution is 6.27. The van der Waals surface area contributed by atoms with Crippen LogP contribution in [-0.2, 0) is 0 Å². The SMILES string of the molecule is c1ccc2cc(-c3ccc4cc(-c5c6ccccc6c(-c6ccc7ccccc7c6)c6c5cnc5ccccc56)ccc4c3)ccc2c1. The number of hydrogen-bond acceptors (Lipinski definition) is 1. The molecule has 1 heteroatoms. The molecule has 9 aromatic carbocycles. The average Bonchev–Trinajstić information content (AvgIpc) is 3.16. The van der Waals surface area contributed by atoms with Gasteiger partial charge in [-0.3, -0.25) is 4.98 Å². The lowest BCUT2D eigenvalue weighted by Gasteiger charge is -2.19. The summed E-state index contributed by atoms with van der Waals surface area (Å²) in [6, 6.07) is 62.0. The maximum Gasteiger partial charge on any atom is 0.0708 e. The van der Waals surface area contributed by atoms with Crippen LogP contribution in [0.1, 0.15) is 0 Å². The molecule has 1 nitrogen and oxygen atoms in total. The van der Waals surface area contributed by atoms with E-state index in [1.165, 1.54) is 92.6 Å². The molecule has 0 fully saturated rings. The van der Waals surface area contributed by atoms with E-state index in [4.69, 9.17) is 4.98 Å². The average molecular weight is 608 g/mol. The van der Waals surface area contributed by atoms with Crippen molar-refractivity contribution < 1.29 is 0 Å². The van der Waals surface area contributed by atoms with E-state index in [9.17, 15) is 0 Å². The Labute approximate surface area is 278 Å². The summed E-state index contributed by atoms with van der Waals surface area (Å²) in [5.41, 5.74) is 8.37. The Bertz CT molecular complexity index is 2900. The zero-order chi connectivity index (χ0) is 31.6. The van der Waals surface area contributed by atoms with Gasteiger partial charge in [-0.15, -0.1) is 0 Å². The first kappa shape index (κ1) is 26.9. The molecule has 0 aliphatic heterocycles. The van der Waals surface area contributed by atoms with Crippen molar-refractivity contribution in [1.29, 1.82) is 0 Å². The van der Waals surface area contributed by atoms with Crippen molar-refractivity contribution in [2.45, 2.75) is 0 Å². The predicted octanol–water partition coefficient (Wildman–Crippen LogP) is 13.0. The number of benzene rings is 9. The third kappa shape index (κ3) is 4.22. The monoisotopic (exact) mass is 607 g/mol. The molecule has 0 saturated heterocycles. The molecule has 0 bridgehead atoms. The molecule has 10 rings (SSSR count). The van der Waals surface area contributed by atoms with Crippen LogP contribution in [0, 0.1) is 0 Å². The molecule has 10 aromatic rings. The molecule has 0 spiro atoms. The molecule has 0 aliphatic rings. The molecule has 0 radical (unpaired) electrons. The standard InChI is InChI=1S/C47H29N/c1-3-11-32-25-34(19-17-30(32)9-1)35-20-21-37-28-38(24-22-36(37)26-35)45-40-13-5-6-14-41(40)46(39-23-18-31-10-2-4-12-33(31)27-39)47-42-15-7-8-16-44(42)48-29-43(45)47/h1-29H. The number of rotatable bonds is 3. The Morgan fingerprint density at radius 1 is 0.292 bits per heavy atom. The maximum atomic E-state index is 5.02. The summed E-state index contributed by atoms with van der Waals surface area (Å²) in [7, 11) is 0. The smallest absolute Gasteiger partial charge is 0.0708 e. The first-order valence-electron chi connectivity index (χ1n) is 16.5. The van der Waals surface area contributed by atoms with E-state index < -0.39 is 0 Å². The molecule has 0 saturated carbocycles. The molecule has 0 unspecified atom stereocenters. The topological polar surface area (TPSA) is 12.9 Å². The number of para-hydroxylation sites is 1. The second-order valence-corrected chi connectivity index (χ2v) is 12.8. The van der Waals surface area contributed by atoms with Gasteiger partial charge in [0.05, 0.1) is 5.52 Å². The minimum atomic E-state index is 1.01. The highest BCUT2D eigenvalue weighted by Crippen LogP contribution is 2.46. The van der Waals surface area contributed by atoms with Crippen molar-refractivity contribution in [3.05, 3.63) is 176 Å². The maximum absolute atomic E-state index is 5.02. The van der Waals surface area contributed by atoms with E-state index in [2.05, 4.69) is 176 Å². The first-order chi connectivity index (χ1) is 23.8. The minimum absolute atomic E-state index is 1.01. The van der Waals surface area contributed by atoms with Gasteiger partial charge < -0.3 is 0 Å². The van der Waals surface area contributed by atoms with Gasteiger partial charge in [-0.05, 0) is 107 Å². The van der Waals surface area contributed by atoms with Crippen LogP contribution in [0.15, 0.2) is 176 Å². The normalized spacial score (nSPS) is 11.8. The fourth-order valence-corrected chi connectivity index (χ4v) is 7.70. The summed E-state index contributed by atoms with van der Waals surface area (Å²) >= 11 is 0. The zero-order valence-corrected chi connectivity index (χ0v) is 26.2. The first-order valence-corrected chi connectivity index (χ1v) is 16.5. The minimum Gasteiger partial charge on any atom is -0.256 e. The van der Waals surface area contributed by atoms with Crippen molar-refractivity contribution in [1.82, 2.24) is 4.98 Å². The fourth-order valence-electron chi connectivity index (χ4n) is 7.70. The Morgan fingerprint density at radius 3 is 1.33 bits per heavy atom. The summed E-state index contributed by atoms with van der Waals surface area (Å²) in [4.78, 5) is 5.02. The highest BCUT2D eigenvalue weighted by Gasteiger charge is 2.19. The van der Waals surface area contributed by atoms with Crippen LogP contribution in [0.4, 0.5) is 0 Å². The Hall–Kier alpha value is -6.31. The number of hydrogen-bond donors (Lipinski definition) is 0. The zero-order valence-electron chi connectivity index (χ0n) is 26.2. The van der Waals surface area contributed by atoms with Gasteiger partial charge >= 0.3 is 0 Å². The summed E-state index contributed by atoms with van der Waals surface area (Å²) in [5, 5.41) is 13.5. The molecule has 0 atom stereocenters. The largest absolute Gasteiger partial charge is 0.256 e. The number of aromatic nitrogens is 1. The van der Waals surface area contributed by atoms with Crippen LogP contribution in [0.2, 0.25) is 0 Å².